The van der Waals surface area contributed by atoms with Crippen LogP contribution in [0.5, 0.6) is 0 Å². The molecule has 1 fully saturated rings. The Labute approximate surface area is 152 Å². The Bertz CT molecular complexity index is 921. The second-order valence-corrected chi connectivity index (χ2v) is 6.61. The highest BCUT2D eigenvalue weighted by atomic mass is 16.1. The van der Waals surface area contributed by atoms with Gasteiger partial charge in [-0.05, 0) is 55.8 Å². The summed E-state index contributed by atoms with van der Waals surface area (Å²) in [6.45, 7) is 1.94. The Morgan fingerprint density at radius 1 is 1.04 bits per heavy atom. The smallest absolute Gasteiger partial charge is 0.251 e. The molecule has 1 aliphatic rings. The van der Waals surface area contributed by atoms with Crippen LogP contribution in [0.3, 0.4) is 0 Å². The summed E-state index contributed by atoms with van der Waals surface area (Å²) < 4.78 is 0. The van der Waals surface area contributed by atoms with Crippen molar-refractivity contribution in [2.45, 2.75) is 18.9 Å². The van der Waals surface area contributed by atoms with Crippen LogP contribution in [-0.2, 0) is 0 Å². The molecule has 4 rings (SSSR count). The number of para-hydroxylation sites is 1. The average molecular weight is 346 g/mol. The van der Waals surface area contributed by atoms with E-state index in [-0.39, 0.29) is 11.9 Å². The maximum atomic E-state index is 12.4. The Hall–Kier alpha value is -2.92. The largest absolute Gasteiger partial charge is 0.349 e. The lowest BCUT2D eigenvalue weighted by atomic mass is 10.1. The summed E-state index contributed by atoms with van der Waals surface area (Å²) in [5.41, 5.74) is 3.67. The van der Waals surface area contributed by atoms with Crippen LogP contribution in [0.1, 0.15) is 34.5 Å². The summed E-state index contributed by atoms with van der Waals surface area (Å²) in [4.78, 5) is 12.4. The van der Waals surface area contributed by atoms with Crippen molar-refractivity contribution in [1.29, 1.82) is 0 Å². The van der Waals surface area contributed by atoms with Gasteiger partial charge in [-0.1, -0.05) is 36.4 Å². The van der Waals surface area contributed by atoms with E-state index >= 15 is 0 Å². The quantitative estimate of drug-likeness (QED) is 0.679. The van der Waals surface area contributed by atoms with Gasteiger partial charge in [-0.3, -0.25) is 9.89 Å². The van der Waals surface area contributed by atoms with Crippen molar-refractivity contribution < 1.29 is 4.79 Å². The first-order chi connectivity index (χ1) is 12.8. The number of rotatable bonds is 4. The Balaban J connectivity index is 1.43. The number of nitrogens with zero attached hydrogens (tertiary/aromatic N) is 1. The van der Waals surface area contributed by atoms with Crippen molar-refractivity contribution in [2.24, 2.45) is 0 Å². The highest BCUT2D eigenvalue weighted by molar-refractivity contribution is 5.95. The van der Waals surface area contributed by atoms with Crippen molar-refractivity contribution in [3.63, 3.8) is 0 Å². The normalized spacial score (nSPS) is 15.5. The van der Waals surface area contributed by atoms with Gasteiger partial charge in [0, 0.05) is 17.0 Å². The molecule has 3 aromatic rings. The molecule has 2 heterocycles. The van der Waals surface area contributed by atoms with Crippen LogP contribution < -0.4 is 10.6 Å². The number of aromatic nitrogens is 2. The minimum atomic E-state index is 0.00530. The second kappa shape index (κ2) is 7.54. The summed E-state index contributed by atoms with van der Waals surface area (Å²) in [7, 11) is 0. The molecule has 1 amide bonds. The number of piperidine rings is 1. The van der Waals surface area contributed by atoms with Gasteiger partial charge in [0.15, 0.2) is 0 Å². The number of amides is 1. The van der Waals surface area contributed by atoms with Crippen LogP contribution in [0.2, 0.25) is 0 Å². The van der Waals surface area contributed by atoms with E-state index in [1.54, 1.807) is 0 Å². The molecular formula is C21H22N4O. The van der Waals surface area contributed by atoms with Crippen molar-refractivity contribution in [1.82, 2.24) is 20.8 Å². The summed E-state index contributed by atoms with van der Waals surface area (Å²) in [6, 6.07) is 16.0. The lowest BCUT2D eigenvalue weighted by Crippen LogP contribution is -2.42. The SMILES string of the molecule is O=C(NC1CCNCC1)c1ccc(/C=C/c2n[nH]c3ccccc23)cc1. The standard InChI is InChI=1S/C21H22N4O/c26-21(23-17-11-13-22-14-12-17)16-8-5-15(6-9-16)7-10-20-18-3-1-2-4-19(18)24-25-20/h1-10,17,22H,11-14H2,(H,23,26)(H,24,25)/b10-7+. The van der Waals surface area contributed by atoms with Crippen LogP contribution in [0.15, 0.2) is 48.5 Å². The summed E-state index contributed by atoms with van der Waals surface area (Å²) in [6.07, 6.45) is 5.98. The molecule has 1 saturated heterocycles. The summed E-state index contributed by atoms with van der Waals surface area (Å²) in [5.74, 6) is 0.00530. The molecule has 0 saturated carbocycles. The molecule has 0 spiro atoms. The fourth-order valence-electron chi connectivity index (χ4n) is 3.27. The fraction of sp³-hybridized carbons (Fsp3) is 0.238. The maximum Gasteiger partial charge on any atom is 0.251 e. The molecule has 1 aliphatic heterocycles. The van der Waals surface area contributed by atoms with E-state index in [0.29, 0.717) is 5.56 Å². The van der Waals surface area contributed by atoms with Gasteiger partial charge in [-0.15, -0.1) is 0 Å². The number of fused-ring (bicyclic) bond motifs is 1. The van der Waals surface area contributed by atoms with Crippen molar-refractivity contribution >= 4 is 29.0 Å². The molecule has 0 radical (unpaired) electrons. The van der Waals surface area contributed by atoms with Crippen LogP contribution >= 0.6 is 0 Å². The monoisotopic (exact) mass is 346 g/mol. The van der Waals surface area contributed by atoms with Gasteiger partial charge in [0.2, 0.25) is 0 Å². The van der Waals surface area contributed by atoms with E-state index in [9.17, 15) is 4.79 Å². The number of carbonyl (C=O) groups is 1. The zero-order chi connectivity index (χ0) is 17.8. The fourth-order valence-corrected chi connectivity index (χ4v) is 3.27. The van der Waals surface area contributed by atoms with E-state index in [4.69, 9.17) is 0 Å². The number of carbonyl (C=O) groups excluding carboxylic acids is 1. The Morgan fingerprint density at radius 3 is 2.62 bits per heavy atom. The molecule has 3 N–H and O–H groups in total. The number of hydrogen-bond donors (Lipinski definition) is 3. The first kappa shape index (κ1) is 16.5. The third kappa shape index (κ3) is 3.68. The van der Waals surface area contributed by atoms with Crippen molar-refractivity contribution in [3.8, 4) is 0 Å². The number of benzene rings is 2. The second-order valence-electron chi connectivity index (χ2n) is 6.61. The van der Waals surface area contributed by atoms with Crippen molar-refractivity contribution in [3.05, 3.63) is 65.4 Å². The zero-order valence-electron chi connectivity index (χ0n) is 14.5. The molecule has 0 unspecified atom stereocenters. The van der Waals surface area contributed by atoms with Gasteiger partial charge in [0.1, 0.15) is 0 Å². The maximum absolute atomic E-state index is 12.4. The lowest BCUT2D eigenvalue weighted by Gasteiger charge is -2.23. The topological polar surface area (TPSA) is 69.8 Å². The van der Waals surface area contributed by atoms with E-state index < -0.39 is 0 Å². The molecule has 5 heteroatoms. The lowest BCUT2D eigenvalue weighted by molar-refractivity contribution is 0.0929. The molecular weight excluding hydrogens is 324 g/mol. The van der Waals surface area contributed by atoms with Crippen LogP contribution in [0.4, 0.5) is 0 Å². The van der Waals surface area contributed by atoms with Gasteiger partial charge < -0.3 is 10.6 Å². The number of hydrogen-bond acceptors (Lipinski definition) is 3. The van der Waals surface area contributed by atoms with Crippen LogP contribution in [0.25, 0.3) is 23.1 Å². The van der Waals surface area contributed by atoms with E-state index in [2.05, 4.69) is 20.8 Å². The number of nitrogens with one attached hydrogen (secondary N) is 3. The van der Waals surface area contributed by atoms with Gasteiger partial charge in [0.05, 0.1) is 11.2 Å². The summed E-state index contributed by atoms with van der Waals surface area (Å²) in [5, 5.41) is 14.9. The van der Waals surface area contributed by atoms with Gasteiger partial charge in [-0.25, -0.2) is 0 Å². The highest BCUT2D eigenvalue weighted by Gasteiger charge is 2.16. The molecule has 0 bridgehead atoms. The predicted octanol–water partition coefficient (Wildman–Crippen LogP) is 3.22. The molecule has 1 aromatic heterocycles. The molecule has 5 nitrogen and oxygen atoms in total. The molecule has 132 valence electrons. The van der Waals surface area contributed by atoms with Crippen LogP contribution in [-0.4, -0.2) is 35.2 Å². The van der Waals surface area contributed by atoms with Crippen LogP contribution in [0, 0.1) is 0 Å². The highest BCUT2D eigenvalue weighted by Crippen LogP contribution is 2.18. The Kier molecular flexibility index (Phi) is 4.80. The third-order valence-corrected chi connectivity index (χ3v) is 4.78. The summed E-state index contributed by atoms with van der Waals surface area (Å²) >= 11 is 0. The molecule has 2 aromatic carbocycles. The van der Waals surface area contributed by atoms with E-state index in [1.807, 2.05) is 60.7 Å². The Morgan fingerprint density at radius 2 is 1.81 bits per heavy atom. The zero-order valence-corrected chi connectivity index (χ0v) is 14.5. The minimum absolute atomic E-state index is 0.00530. The van der Waals surface area contributed by atoms with Gasteiger partial charge in [-0.2, -0.15) is 5.10 Å². The first-order valence-electron chi connectivity index (χ1n) is 9.02. The van der Waals surface area contributed by atoms with Gasteiger partial charge in [0.25, 0.3) is 5.91 Å². The van der Waals surface area contributed by atoms with Crippen molar-refractivity contribution in [2.75, 3.05) is 13.1 Å². The molecule has 26 heavy (non-hydrogen) atoms. The van der Waals surface area contributed by atoms with E-state index in [1.165, 1.54) is 0 Å². The molecule has 0 aliphatic carbocycles. The van der Waals surface area contributed by atoms with Gasteiger partial charge >= 0.3 is 0 Å². The minimum Gasteiger partial charge on any atom is -0.349 e. The number of H-pyrrole nitrogens is 1. The van der Waals surface area contributed by atoms with E-state index in [0.717, 1.165) is 48.1 Å². The molecule has 0 atom stereocenters. The average Bonchev–Trinajstić information content (AvgIpc) is 3.11. The number of aromatic amines is 1. The third-order valence-electron chi connectivity index (χ3n) is 4.78. The predicted molar refractivity (Wildman–Crippen MR) is 105 cm³/mol. The first-order valence-corrected chi connectivity index (χ1v) is 9.02.